The number of methoxy groups -OCH3 is 1. The largest absolute Gasteiger partial charge is 0.495 e. The second-order valence-corrected chi connectivity index (χ2v) is 6.08. The molecule has 0 fully saturated rings. The lowest BCUT2D eigenvalue weighted by Crippen LogP contribution is -2.30. The van der Waals surface area contributed by atoms with E-state index in [9.17, 15) is 4.79 Å². The van der Waals surface area contributed by atoms with Gasteiger partial charge in [0.15, 0.2) is 5.58 Å². The topological polar surface area (TPSA) is 67.6 Å². The molecular weight excluding hydrogens is 342 g/mol. The Morgan fingerprint density at radius 3 is 2.88 bits per heavy atom. The molecular formula is C18H18ClN3O3. The highest BCUT2D eigenvalue weighted by atomic mass is 35.5. The molecule has 25 heavy (non-hydrogen) atoms. The predicted octanol–water partition coefficient (Wildman–Crippen LogP) is 3.56. The molecule has 1 amide bonds. The van der Waals surface area contributed by atoms with Crippen LogP contribution < -0.4 is 10.1 Å². The van der Waals surface area contributed by atoms with Crippen LogP contribution in [0.25, 0.3) is 11.1 Å². The van der Waals surface area contributed by atoms with Gasteiger partial charge >= 0.3 is 0 Å². The zero-order valence-corrected chi connectivity index (χ0v) is 14.7. The maximum atomic E-state index is 12.3. The minimum absolute atomic E-state index is 0.175. The highest BCUT2D eigenvalue weighted by Gasteiger charge is 2.13. The number of carbonyl (C=O) groups is 1. The predicted molar refractivity (Wildman–Crippen MR) is 97.0 cm³/mol. The molecule has 2 aromatic carbocycles. The summed E-state index contributed by atoms with van der Waals surface area (Å²) in [5.74, 6) is 0.940. The number of carbonyl (C=O) groups excluding carboxylic acids is 1. The number of halogens is 1. The third-order valence-corrected chi connectivity index (χ3v) is 3.83. The Balaban J connectivity index is 1.61. The fraction of sp³-hybridized carbons (Fsp3) is 0.222. The van der Waals surface area contributed by atoms with E-state index in [1.165, 1.54) is 7.11 Å². The summed E-state index contributed by atoms with van der Waals surface area (Å²) >= 11 is 5.97. The second-order valence-electron chi connectivity index (χ2n) is 5.64. The Hall–Kier alpha value is -2.57. The molecule has 0 atom stereocenters. The zero-order chi connectivity index (χ0) is 17.8. The molecule has 0 saturated heterocycles. The highest BCUT2D eigenvalue weighted by molar-refractivity contribution is 6.31. The van der Waals surface area contributed by atoms with Crippen LogP contribution in [0.15, 0.2) is 46.9 Å². The van der Waals surface area contributed by atoms with Crippen molar-refractivity contribution in [3.63, 3.8) is 0 Å². The lowest BCUT2D eigenvalue weighted by atomic mass is 10.3. The average molecular weight is 360 g/mol. The minimum atomic E-state index is -0.181. The molecule has 0 bridgehead atoms. The van der Waals surface area contributed by atoms with Crippen LogP contribution in [0.5, 0.6) is 5.75 Å². The summed E-state index contributed by atoms with van der Waals surface area (Å²) in [6, 6.07) is 12.6. The van der Waals surface area contributed by atoms with E-state index in [-0.39, 0.29) is 12.5 Å². The smallest absolute Gasteiger partial charge is 0.238 e. The fourth-order valence-electron chi connectivity index (χ4n) is 2.49. The van der Waals surface area contributed by atoms with E-state index in [4.69, 9.17) is 20.8 Å². The minimum Gasteiger partial charge on any atom is -0.495 e. The van der Waals surface area contributed by atoms with E-state index in [0.29, 0.717) is 28.9 Å². The number of hydrogen-bond donors (Lipinski definition) is 1. The first kappa shape index (κ1) is 17.3. The van der Waals surface area contributed by atoms with Crippen molar-refractivity contribution < 1.29 is 13.9 Å². The van der Waals surface area contributed by atoms with Gasteiger partial charge in [-0.2, -0.15) is 0 Å². The molecule has 1 N–H and O–H groups in total. The van der Waals surface area contributed by atoms with E-state index in [1.54, 1.807) is 18.2 Å². The summed E-state index contributed by atoms with van der Waals surface area (Å²) < 4.78 is 10.9. The molecule has 0 aliphatic rings. The number of aromatic nitrogens is 1. The fourth-order valence-corrected chi connectivity index (χ4v) is 2.66. The molecule has 130 valence electrons. The van der Waals surface area contributed by atoms with Crippen LogP contribution in [-0.4, -0.2) is 36.5 Å². The standard InChI is InChI=1S/C18H18ClN3O3/c1-22(11-18-21-13-5-3-4-6-16(13)25-18)10-17(23)20-14-9-12(19)7-8-15(14)24-2/h3-9H,10-11H2,1-2H3,(H,20,23). The Labute approximate surface area is 150 Å². The van der Waals surface area contributed by atoms with Crippen LogP contribution in [-0.2, 0) is 11.3 Å². The number of likely N-dealkylation sites (N-methyl/N-ethyl adjacent to an activating group) is 1. The van der Waals surface area contributed by atoms with Gasteiger partial charge < -0.3 is 14.5 Å². The molecule has 0 radical (unpaired) electrons. The van der Waals surface area contributed by atoms with Gasteiger partial charge in [-0.15, -0.1) is 0 Å². The second kappa shape index (κ2) is 7.55. The maximum Gasteiger partial charge on any atom is 0.238 e. The third kappa shape index (κ3) is 4.29. The van der Waals surface area contributed by atoms with Crippen molar-refractivity contribution >= 4 is 34.3 Å². The summed E-state index contributed by atoms with van der Waals surface area (Å²) in [7, 11) is 3.36. The van der Waals surface area contributed by atoms with Gasteiger partial charge in [0.1, 0.15) is 11.3 Å². The molecule has 7 heteroatoms. The lowest BCUT2D eigenvalue weighted by Gasteiger charge is -2.15. The van der Waals surface area contributed by atoms with Crippen LogP contribution in [0.1, 0.15) is 5.89 Å². The monoisotopic (exact) mass is 359 g/mol. The molecule has 3 aromatic rings. The molecule has 6 nitrogen and oxygen atoms in total. The lowest BCUT2D eigenvalue weighted by molar-refractivity contribution is -0.117. The van der Waals surface area contributed by atoms with Crippen LogP contribution in [0.3, 0.4) is 0 Å². The van der Waals surface area contributed by atoms with Crippen LogP contribution in [0.2, 0.25) is 5.02 Å². The van der Waals surface area contributed by atoms with E-state index < -0.39 is 0 Å². The first-order chi connectivity index (χ1) is 12.0. The number of rotatable bonds is 6. The molecule has 0 aliphatic heterocycles. The SMILES string of the molecule is COc1ccc(Cl)cc1NC(=O)CN(C)Cc1nc2ccccc2o1. The Kier molecular flexibility index (Phi) is 5.21. The van der Waals surface area contributed by atoms with Crippen molar-refractivity contribution in [2.45, 2.75) is 6.54 Å². The number of ether oxygens (including phenoxy) is 1. The van der Waals surface area contributed by atoms with Crippen molar-refractivity contribution in [2.24, 2.45) is 0 Å². The Bertz CT molecular complexity index is 861. The van der Waals surface area contributed by atoms with Gasteiger partial charge in [0.25, 0.3) is 0 Å². The quantitative estimate of drug-likeness (QED) is 0.728. The molecule has 0 saturated carbocycles. The number of hydrogen-bond acceptors (Lipinski definition) is 5. The molecule has 1 aromatic heterocycles. The number of fused-ring (bicyclic) bond motifs is 1. The molecule has 0 aliphatic carbocycles. The normalized spacial score (nSPS) is 11.0. The van der Waals surface area contributed by atoms with Crippen LogP contribution in [0, 0.1) is 0 Å². The summed E-state index contributed by atoms with van der Waals surface area (Å²) in [5, 5.41) is 3.33. The number of nitrogens with zero attached hydrogens (tertiary/aromatic N) is 2. The van der Waals surface area contributed by atoms with Crippen molar-refractivity contribution in [1.82, 2.24) is 9.88 Å². The van der Waals surface area contributed by atoms with Crippen molar-refractivity contribution in [3.8, 4) is 5.75 Å². The molecule has 1 heterocycles. The summed E-state index contributed by atoms with van der Waals surface area (Å²) in [6.45, 7) is 0.600. The Morgan fingerprint density at radius 1 is 1.32 bits per heavy atom. The van der Waals surface area contributed by atoms with Crippen LogP contribution in [0.4, 0.5) is 5.69 Å². The third-order valence-electron chi connectivity index (χ3n) is 3.59. The maximum absolute atomic E-state index is 12.3. The van der Waals surface area contributed by atoms with Gasteiger partial charge in [-0.25, -0.2) is 4.98 Å². The number of benzene rings is 2. The number of oxazole rings is 1. The van der Waals surface area contributed by atoms with Crippen molar-refractivity contribution in [2.75, 3.05) is 26.0 Å². The van der Waals surface area contributed by atoms with Gasteiger partial charge in [-0.1, -0.05) is 23.7 Å². The van der Waals surface area contributed by atoms with E-state index in [2.05, 4.69) is 10.3 Å². The van der Waals surface area contributed by atoms with Crippen molar-refractivity contribution in [1.29, 1.82) is 0 Å². The van der Waals surface area contributed by atoms with Gasteiger partial charge in [0.2, 0.25) is 11.8 Å². The van der Waals surface area contributed by atoms with Crippen LogP contribution >= 0.6 is 11.6 Å². The number of anilines is 1. The average Bonchev–Trinajstić information content (AvgIpc) is 2.96. The van der Waals surface area contributed by atoms with Crippen molar-refractivity contribution in [3.05, 3.63) is 53.4 Å². The van der Waals surface area contributed by atoms with Gasteiger partial charge in [0, 0.05) is 5.02 Å². The van der Waals surface area contributed by atoms with E-state index >= 15 is 0 Å². The van der Waals surface area contributed by atoms with E-state index in [1.807, 2.05) is 36.2 Å². The first-order valence-corrected chi connectivity index (χ1v) is 8.09. The van der Waals surface area contributed by atoms with Gasteiger partial charge in [-0.05, 0) is 37.4 Å². The summed E-state index contributed by atoms with van der Waals surface area (Å²) in [6.07, 6.45) is 0. The molecule has 0 spiro atoms. The summed E-state index contributed by atoms with van der Waals surface area (Å²) in [5.41, 5.74) is 2.08. The van der Waals surface area contributed by atoms with Gasteiger partial charge in [-0.3, -0.25) is 9.69 Å². The summed E-state index contributed by atoms with van der Waals surface area (Å²) in [4.78, 5) is 18.5. The van der Waals surface area contributed by atoms with Gasteiger partial charge in [0.05, 0.1) is 25.9 Å². The highest BCUT2D eigenvalue weighted by Crippen LogP contribution is 2.27. The molecule has 3 rings (SSSR count). The number of nitrogens with one attached hydrogen (secondary N) is 1. The van der Waals surface area contributed by atoms with E-state index in [0.717, 1.165) is 11.1 Å². The zero-order valence-electron chi connectivity index (χ0n) is 14.0. The number of amides is 1. The first-order valence-electron chi connectivity index (χ1n) is 7.71. The molecule has 0 unspecified atom stereocenters. The number of para-hydroxylation sites is 2. The Morgan fingerprint density at radius 2 is 2.12 bits per heavy atom.